The Morgan fingerprint density at radius 2 is 1.02 bits per heavy atom. The highest BCUT2D eigenvalue weighted by Crippen LogP contribution is 2.40. The van der Waals surface area contributed by atoms with Crippen molar-refractivity contribution in [3.05, 3.63) is 58.7 Å². The van der Waals surface area contributed by atoms with Gasteiger partial charge in [0.1, 0.15) is 24.7 Å². The molecule has 0 fully saturated rings. The van der Waals surface area contributed by atoms with Gasteiger partial charge in [0.2, 0.25) is 0 Å². The SMILES string of the molecule is CC(C)(C)c1cc(N)c(SCCNC(=N)N)c(NC(=O)c2cc(C(=O)Nc3cc(C(C)(C)C)cc(N)c3SCCNC(=N)N)c(OCCN)cc2OCCN)c1. The van der Waals surface area contributed by atoms with Gasteiger partial charge in [-0.3, -0.25) is 20.4 Å². The monoisotopic (exact) mass is 810 g/mol. The number of ether oxygens (including phenoxy) is 2. The maximum absolute atomic E-state index is 14.4. The van der Waals surface area contributed by atoms with Crippen LogP contribution < -0.4 is 65.1 Å². The van der Waals surface area contributed by atoms with E-state index in [-0.39, 0.29) is 71.7 Å². The molecule has 3 aromatic rings. The molecular formula is C38H58N12O4S2. The van der Waals surface area contributed by atoms with Crippen molar-refractivity contribution in [1.82, 2.24) is 10.6 Å². The van der Waals surface area contributed by atoms with Gasteiger partial charge in [0.15, 0.2) is 11.9 Å². The molecule has 0 heterocycles. The third-order valence-electron chi connectivity index (χ3n) is 8.11. The van der Waals surface area contributed by atoms with Crippen LogP contribution in [0.4, 0.5) is 22.7 Å². The lowest BCUT2D eigenvalue weighted by Crippen LogP contribution is -2.31. The number of hydrogen-bond acceptors (Lipinski definition) is 12. The topological polar surface area (TPSA) is 305 Å². The molecule has 0 aliphatic carbocycles. The van der Waals surface area contributed by atoms with Gasteiger partial charge in [0.25, 0.3) is 11.8 Å². The minimum absolute atomic E-state index is 0.0467. The van der Waals surface area contributed by atoms with Crippen molar-refractivity contribution < 1.29 is 19.1 Å². The fourth-order valence-electron chi connectivity index (χ4n) is 5.23. The normalized spacial score (nSPS) is 11.4. The average Bonchev–Trinajstić information content (AvgIpc) is 3.10. The van der Waals surface area contributed by atoms with Crippen molar-refractivity contribution >= 4 is 70.0 Å². The van der Waals surface area contributed by atoms with Crippen molar-refractivity contribution in [2.24, 2.45) is 22.9 Å². The van der Waals surface area contributed by atoms with Crippen molar-refractivity contribution in [2.45, 2.75) is 62.2 Å². The Balaban J connectivity index is 2.16. The Morgan fingerprint density at radius 1 is 0.643 bits per heavy atom. The second kappa shape index (κ2) is 20.2. The largest absolute Gasteiger partial charge is 0.491 e. The minimum atomic E-state index is -0.571. The highest BCUT2D eigenvalue weighted by atomic mass is 32.2. The van der Waals surface area contributed by atoms with Gasteiger partial charge in [-0.05, 0) is 52.3 Å². The van der Waals surface area contributed by atoms with Crippen LogP contribution in [0.25, 0.3) is 0 Å². The third-order valence-corrected chi connectivity index (χ3v) is 10.4. The van der Waals surface area contributed by atoms with Gasteiger partial charge in [0, 0.05) is 55.1 Å². The average molecular weight is 811 g/mol. The second-order valence-corrected chi connectivity index (χ2v) is 17.0. The molecule has 2 amide bonds. The van der Waals surface area contributed by atoms with Crippen LogP contribution in [0.1, 0.15) is 73.4 Å². The van der Waals surface area contributed by atoms with Crippen LogP contribution in [0.2, 0.25) is 0 Å². The molecule has 56 heavy (non-hydrogen) atoms. The summed E-state index contributed by atoms with van der Waals surface area (Å²) in [6.45, 7) is 13.5. The first-order valence-electron chi connectivity index (χ1n) is 18.0. The molecule has 0 unspecified atom stereocenters. The number of thioether (sulfide) groups is 2. The van der Waals surface area contributed by atoms with Gasteiger partial charge in [-0.25, -0.2) is 0 Å². The van der Waals surface area contributed by atoms with Gasteiger partial charge < -0.3 is 65.1 Å². The van der Waals surface area contributed by atoms with Crippen LogP contribution in [0.15, 0.2) is 46.2 Å². The van der Waals surface area contributed by atoms with E-state index >= 15 is 0 Å². The molecule has 0 bridgehead atoms. The van der Waals surface area contributed by atoms with E-state index in [1.807, 2.05) is 65.8 Å². The van der Waals surface area contributed by atoms with Gasteiger partial charge in [0.05, 0.1) is 32.3 Å². The number of nitrogens with two attached hydrogens (primary N) is 6. The molecular weight excluding hydrogens is 753 g/mol. The van der Waals surface area contributed by atoms with E-state index in [0.29, 0.717) is 57.1 Å². The van der Waals surface area contributed by atoms with E-state index < -0.39 is 11.8 Å². The lowest BCUT2D eigenvalue weighted by Gasteiger charge is -2.24. The first-order chi connectivity index (χ1) is 26.3. The molecule has 3 rings (SSSR count). The van der Waals surface area contributed by atoms with Crippen LogP contribution in [0.5, 0.6) is 11.5 Å². The van der Waals surface area contributed by atoms with E-state index in [0.717, 1.165) is 11.1 Å². The van der Waals surface area contributed by atoms with Gasteiger partial charge >= 0.3 is 0 Å². The molecule has 0 radical (unpaired) electrons. The molecule has 0 spiro atoms. The standard InChI is InChI=1S/C38H58N12O4S2/c1-37(2,3)21-15-25(41)31(55-13-9-47-35(43)44)27(17-21)49-33(51)23-19-24(30(54-12-8-40)20-29(23)53-11-7-39)34(52)50-28-18-22(38(4,5)6)16-26(42)32(28)56-14-10-48-36(45)46/h15-20H,7-14,39-42H2,1-6H3,(H,49,51)(H,50,52)(H4,43,44,47)(H4,45,46,48). The van der Waals surface area contributed by atoms with Crippen LogP contribution in [0, 0.1) is 10.8 Å². The Hall–Kier alpha value is -5.04. The van der Waals surface area contributed by atoms with Crippen molar-refractivity contribution in [1.29, 1.82) is 10.8 Å². The van der Waals surface area contributed by atoms with Gasteiger partial charge in [-0.1, -0.05) is 41.5 Å². The lowest BCUT2D eigenvalue weighted by atomic mass is 9.86. The Bertz CT molecular complexity index is 1760. The number of amides is 2. The summed E-state index contributed by atoms with van der Waals surface area (Å²) in [6, 6.07) is 10.4. The maximum atomic E-state index is 14.4. The van der Waals surface area contributed by atoms with E-state index in [2.05, 4.69) is 21.3 Å². The molecule has 0 aromatic heterocycles. The first-order valence-corrected chi connectivity index (χ1v) is 20.0. The molecule has 3 aromatic carbocycles. The van der Waals surface area contributed by atoms with E-state index in [4.69, 9.17) is 54.7 Å². The summed E-state index contributed by atoms with van der Waals surface area (Å²) < 4.78 is 11.9. The minimum Gasteiger partial charge on any atom is -0.491 e. The summed E-state index contributed by atoms with van der Waals surface area (Å²) in [7, 11) is 0. The zero-order chi connectivity index (χ0) is 41.8. The summed E-state index contributed by atoms with van der Waals surface area (Å²) in [5.41, 5.74) is 38.8. The quantitative estimate of drug-likeness (QED) is 0.0286. The second-order valence-electron chi connectivity index (χ2n) is 14.8. The number of anilines is 4. The van der Waals surface area contributed by atoms with E-state index in [1.54, 1.807) is 0 Å². The molecule has 0 atom stereocenters. The zero-order valence-electron chi connectivity index (χ0n) is 33.0. The fourth-order valence-corrected chi connectivity index (χ4v) is 7.02. The summed E-state index contributed by atoms with van der Waals surface area (Å²) >= 11 is 2.79. The van der Waals surface area contributed by atoms with E-state index in [1.165, 1.54) is 35.7 Å². The molecule has 0 aliphatic rings. The van der Waals surface area contributed by atoms with Crippen LogP contribution >= 0.6 is 23.5 Å². The zero-order valence-corrected chi connectivity index (χ0v) is 34.7. The number of carbonyl (C=O) groups excluding carboxylic acids is 2. The molecule has 0 saturated carbocycles. The summed E-state index contributed by atoms with van der Waals surface area (Å²) in [5, 5.41) is 26.5. The number of hydrogen-bond donors (Lipinski definition) is 12. The molecule has 0 aliphatic heterocycles. The number of nitrogen functional groups attached to an aromatic ring is 2. The van der Waals surface area contributed by atoms with Crippen LogP contribution in [-0.4, -0.2) is 74.6 Å². The number of benzene rings is 3. The predicted molar refractivity (Wildman–Crippen MR) is 232 cm³/mol. The van der Waals surface area contributed by atoms with Gasteiger partial charge in [-0.2, -0.15) is 0 Å². The maximum Gasteiger partial charge on any atom is 0.259 e. The number of guanidine groups is 2. The lowest BCUT2D eigenvalue weighted by molar-refractivity contribution is 0.102. The molecule has 18 N–H and O–H groups in total. The molecule has 18 heteroatoms. The summed E-state index contributed by atoms with van der Waals surface area (Å²) in [6.07, 6.45) is 0. The molecule has 16 nitrogen and oxygen atoms in total. The Kier molecular flexibility index (Phi) is 16.4. The highest BCUT2D eigenvalue weighted by molar-refractivity contribution is 7.99. The number of carbonyl (C=O) groups is 2. The van der Waals surface area contributed by atoms with Crippen LogP contribution in [0.3, 0.4) is 0 Å². The fraction of sp³-hybridized carbons (Fsp3) is 0.421. The van der Waals surface area contributed by atoms with Crippen molar-refractivity contribution in [3.63, 3.8) is 0 Å². The predicted octanol–water partition coefficient (Wildman–Crippen LogP) is 3.78. The first kappa shape index (κ1) is 45.4. The Morgan fingerprint density at radius 3 is 1.34 bits per heavy atom. The third kappa shape index (κ3) is 13.0. The van der Waals surface area contributed by atoms with Crippen molar-refractivity contribution in [2.75, 3.05) is 73.0 Å². The van der Waals surface area contributed by atoms with E-state index in [9.17, 15) is 9.59 Å². The van der Waals surface area contributed by atoms with Crippen molar-refractivity contribution in [3.8, 4) is 11.5 Å². The molecule has 0 saturated heterocycles. The van der Waals surface area contributed by atoms with Crippen LogP contribution in [-0.2, 0) is 10.8 Å². The summed E-state index contributed by atoms with van der Waals surface area (Å²) in [5.74, 6) is -0.162. The molecule has 306 valence electrons. The Labute approximate surface area is 337 Å². The summed E-state index contributed by atoms with van der Waals surface area (Å²) in [4.78, 5) is 30.0. The number of nitrogens with one attached hydrogen (secondary N) is 6. The smallest absolute Gasteiger partial charge is 0.259 e. The van der Waals surface area contributed by atoms with Gasteiger partial charge in [-0.15, -0.1) is 23.5 Å². The highest BCUT2D eigenvalue weighted by Gasteiger charge is 2.26. The number of rotatable bonds is 18.